The summed E-state index contributed by atoms with van der Waals surface area (Å²) < 4.78 is 0. The third kappa shape index (κ3) is 4.58. The topological polar surface area (TPSA) is 66.4 Å². The molecule has 0 spiro atoms. The van der Waals surface area contributed by atoms with Crippen molar-refractivity contribution >= 4 is 23.6 Å². The number of carbonyl (C=O) groups is 2. The molecule has 1 aliphatic carbocycles. The van der Waals surface area contributed by atoms with Crippen molar-refractivity contribution in [3.05, 3.63) is 0 Å². The van der Waals surface area contributed by atoms with Crippen molar-refractivity contribution < 1.29 is 14.7 Å². The van der Waals surface area contributed by atoms with Crippen LogP contribution < -0.4 is 5.32 Å². The highest BCUT2D eigenvalue weighted by molar-refractivity contribution is 7.98. The number of carboxylic acids is 1. The molecule has 17 heavy (non-hydrogen) atoms. The molecule has 1 saturated carbocycles. The Balaban J connectivity index is 2.39. The number of carboxylic acid groups (broad SMARTS) is 1. The van der Waals surface area contributed by atoms with Gasteiger partial charge in [-0.1, -0.05) is 12.8 Å². The van der Waals surface area contributed by atoms with Crippen molar-refractivity contribution in [3.63, 3.8) is 0 Å². The number of aliphatic carboxylic acids is 1. The van der Waals surface area contributed by atoms with Crippen LogP contribution in [0.4, 0.5) is 0 Å². The van der Waals surface area contributed by atoms with Crippen molar-refractivity contribution in [2.45, 2.75) is 32.1 Å². The number of thioether (sulfide) groups is 1. The van der Waals surface area contributed by atoms with Gasteiger partial charge in [-0.3, -0.25) is 9.59 Å². The molecule has 2 atom stereocenters. The Hall–Kier alpha value is -0.710. The molecule has 1 aliphatic rings. The molecule has 0 aromatic rings. The Bertz CT molecular complexity index is 270. The summed E-state index contributed by atoms with van der Waals surface area (Å²) in [5.74, 6) is -0.681. The van der Waals surface area contributed by atoms with Gasteiger partial charge in [0.1, 0.15) is 0 Å². The molecule has 0 aromatic carbocycles. The lowest BCUT2D eigenvalue weighted by molar-refractivity contribution is -0.148. The summed E-state index contributed by atoms with van der Waals surface area (Å²) in [4.78, 5) is 23.0. The summed E-state index contributed by atoms with van der Waals surface area (Å²) in [6.07, 6.45) is 6.21. The minimum Gasteiger partial charge on any atom is -0.481 e. The molecule has 4 nitrogen and oxygen atoms in total. The SMILES string of the molecule is CSCCCNC(=O)C1CCCCC1C(=O)O. The lowest BCUT2D eigenvalue weighted by Crippen LogP contribution is -2.40. The second kappa shape index (κ2) is 7.58. The minimum atomic E-state index is -0.825. The van der Waals surface area contributed by atoms with Gasteiger partial charge in [-0.25, -0.2) is 0 Å². The second-order valence-electron chi connectivity index (χ2n) is 4.47. The zero-order chi connectivity index (χ0) is 12.7. The second-order valence-corrected chi connectivity index (χ2v) is 5.46. The van der Waals surface area contributed by atoms with Crippen LogP contribution in [0.2, 0.25) is 0 Å². The van der Waals surface area contributed by atoms with Crippen LogP contribution in [0.15, 0.2) is 0 Å². The fourth-order valence-corrected chi connectivity index (χ4v) is 2.73. The molecule has 0 aromatic heterocycles. The molecule has 1 amide bonds. The Kier molecular flexibility index (Phi) is 6.40. The van der Waals surface area contributed by atoms with Gasteiger partial charge >= 0.3 is 5.97 Å². The average molecular weight is 259 g/mol. The van der Waals surface area contributed by atoms with Gasteiger partial charge in [-0.2, -0.15) is 11.8 Å². The van der Waals surface area contributed by atoms with E-state index in [1.807, 2.05) is 6.26 Å². The zero-order valence-electron chi connectivity index (χ0n) is 10.3. The standard InChI is InChI=1S/C12H21NO3S/c1-17-8-4-7-13-11(14)9-5-2-3-6-10(9)12(15)16/h9-10H,2-8H2,1H3,(H,13,14)(H,15,16). The fraction of sp³-hybridized carbons (Fsp3) is 0.833. The maximum Gasteiger partial charge on any atom is 0.307 e. The van der Waals surface area contributed by atoms with Crippen molar-refractivity contribution in [1.82, 2.24) is 5.32 Å². The average Bonchev–Trinajstić information content (AvgIpc) is 2.34. The molecule has 0 heterocycles. The van der Waals surface area contributed by atoms with E-state index in [-0.39, 0.29) is 11.8 Å². The summed E-state index contributed by atoms with van der Waals surface area (Å²) in [7, 11) is 0. The summed E-state index contributed by atoms with van der Waals surface area (Å²) in [6, 6.07) is 0. The van der Waals surface area contributed by atoms with Gasteiger partial charge in [0.2, 0.25) is 5.91 Å². The molecule has 2 unspecified atom stereocenters. The van der Waals surface area contributed by atoms with E-state index in [1.165, 1.54) is 0 Å². The fourth-order valence-electron chi connectivity index (χ4n) is 2.30. The normalized spacial score (nSPS) is 24.3. The molecule has 1 fully saturated rings. The number of nitrogens with one attached hydrogen (secondary N) is 1. The van der Waals surface area contributed by atoms with Gasteiger partial charge in [-0.15, -0.1) is 0 Å². The lowest BCUT2D eigenvalue weighted by atomic mass is 9.79. The Morgan fingerprint density at radius 1 is 1.29 bits per heavy atom. The molecule has 0 radical (unpaired) electrons. The maximum atomic E-state index is 11.9. The van der Waals surface area contributed by atoms with E-state index in [2.05, 4.69) is 5.32 Å². The number of hydrogen-bond donors (Lipinski definition) is 2. The monoisotopic (exact) mass is 259 g/mol. The number of rotatable bonds is 6. The van der Waals surface area contributed by atoms with Gasteiger partial charge in [0.15, 0.2) is 0 Å². The van der Waals surface area contributed by atoms with E-state index in [0.29, 0.717) is 19.4 Å². The molecule has 0 bridgehead atoms. The van der Waals surface area contributed by atoms with E-state index in [1.54, 1.807) is 11.8 Å². The van der Waals surface area contributed by atoms with Crippen LogP contribution in [-0.4, -0.2) is 35.5 Å². The predicted molar refractivity (Wildman–Crippen MR) is 69.1 cm³/mol. The first-order valence-corrected chi connectivity index (χ1v) is 7.55. The molecule has 1 rings (SSSR count). The number of amides is 1. The maximum absolute atomic E-state index is 11.9. The van der Waals surface area contributed by atoms with Crippen molar-refractivity contribution in [2.75, 3.05) is 18.6 Å². The molecular formula is C12H21NO3S. The van der Waals surface area contributed by atoms with E-state index >= 15 is 0 Å². The van der Waals surface area contributed by atoms with Crippen LogP contribution in [0.25, 0.3) is 0 Å². The first-order valence-electron chi connectivity index (χ1n) is 6.16. The number of hydrogen-bond acceptors (Lipinski definition) is 3. The molecule has 0 aliphatic heterocycles. The highest BCUT2D eigenvalue weighted by Crippen LogP contribution is 2.30. The van der Waals surface area contributed by atoms with Gasteiger partial charge in [0.05, 0.1) is 11.8 Å². The van der Waals surface area contributed by atoms with Crippen LogP contribution in [0, 0.1) is 11.8 Å². The van der Waals surface area contributed by atoms with Gasteiger partial charge in [0.25, 0.3) is 0 Å². The Morgan fingerprint density at radius 2 is 1.94 bits per heavy atom. The highest BCUT2D eigenvalue weighted by atomic mass is 32.2. The third-order valence-electron chi connectivity index (χ3n) is 3.24. The van der Waals surface area contributed by atoms with Crippen LogP contribution in [0.3, 0.4) is 0 Å². The van der Waals surface area contributed by atoms with Crippen molar-refractivity contribution in [3.8, 4) is 0 Å². The first kappa shape index (κ1) is 14.4. The molecule has 98 valence electrons. The van der Waals surface area contributed by atoms with Gasteiger partial charge < -0.3 is 10.4 Å². The zero-order valence-corrected chi connectivity index (χ0v) is 11.1. The van der Waals surface area contributed by atoms with Crippen molar-refractivity contribution in [1.29, 1.82) is 0 Å². The lowest BCUT2D eigenvalue weighted by Gasteiger charge is -2.27. The van der Waals surface area contributed by atoms with E-state index in [9.17, 15) is 9.59 Å². The quantitative estimate of drug-likeness (QED) is 0.713. The smallest absolute Gasteiger partial charge is 0.307 e. The van der Waals surface area contributed by atoms with Crippen LogP contribution in [0.1, 0.15) is 32.1 Å². The first-order chi connectivity index (χ1) is 8.16. The number of carbonyl (C=O) groups excluding carboxylic acids is 1. The Labute approximate surface area is 107 Å². The van der Waals surface area contributed by atoms with Crippen LogP contribution in [0.5, 0.6) is 0 Å². The molecule has 5 heteroatoms. The molecular weight excluding hydrogens is 238 g/mol. The molecule has 0 saturated heterocycles. The van der Waals surface area contributed by atoms with Gasteiger partial charge in [-0.05, 0) is 31.3 Å². The predicted octanol–water partition coefficient (Wildman–Crippen LogP) is 1.75. The molecule has 2 N–H and O–H groups in total. The van der Waals surface area contributed by atoms with E-state index in [4.69, 9.17) is 5.11 Å². The summed E-state index contributed by atoms with van der Waals surface area (Å²) >= 11 is 1.75. The minimum absolute atomic E-state index is 0.0711. The summed E-state index contributed by atoms with van der Waals surface area (Å²) in [5, 5.41) is 11.9. The van der Waals surface area contributed by atoms with Crippen LogP contribution in [-0.2, 0) is 9.59 Å². The summed E-state index contributed by atoms with van der Waals surface area (Å²) in [6.45, 7) is 0.655. The Morgan fingerprint density at radius 3 is 2.53 bits per heavy atom. The third-order valence-corrected chi connectivity index (χ3v) is 3.94. The van der Waals surface area contributed by atoms with E-state index < -0.39 is 11.9 Å². The van der Waals surface area contributed by atoms with Gasteiger partial charge in [0, 0.05) is 6.54 Å². The van der Waals surface area contributed by atoms with Crippen molar-refractivity contribution in [2.24, 2.45) is 11.8 Å². The highest BCUT2D eigenvalue weighted by Gasteiger charge is 2.35. The van der Waals surface area contributed by atoms with Crippen LogP contribution >= 0.6 is 11.8 Å². The summed E-state index contributed by atoms with van der Waals surface area (Å²) in [5.41, 5.74) is 0. The van der Waals surface area contributed by atoms with E-state index in [0.717, 1.165) is 25.0 Å². The largest absolute Gasteiger partial charge is 0.481 e.